The maximum Gasteiger partial charge on any atom is 0.0594 e. The Labute approximate surface area is 128 Å². The Kier molecular flexibility index (Phi) is 5.73. The van der Waals surface area contributed by atoms with E-state index in [1.54, 1.807) is 0 Å². The Morgan fingerprint density at radius 1 is 1.33 bits per heavy atom. The zero-order valence-electron chi connectivity index (χ0n) is 13.9. The number of pyridine rings is 1. The van der Waals surface area contributed by atoms with Gasteiger partial charge in [0, 0.05) is 30.5 Å². The molecule has 118 valence electrons. The third-order valence-corrected chi connectivity index (χ3v) is 4.40. The molecule has 21 heavy (non-hydrogen) atoms. The quantitative estimate of drug-likeness (QED) is 0.874. The normalized spacial score (nSPS) is 18.7. The molecule has 0 radical (unpaired) electrons. The first-order chi connectivity index (χ1) is 10.1. The molecule has 0 bridgehead atoms. The van der Waals surface area contributed by atoms with E-state index in [4.69, 9.17) is 4.74 Å². The van der Waals surface area contributed by atoms with Crippen LogP contribution in [0.15, 0.2) is 18.3 Å². The molecule has 1 fully saturated rings. The number of ether oxygens (including phenoxy) is 1. The van der Waals surface area contributed by atoms with Gasteiger partial charge in [0.25, 0.3) is 0 Å². The lowest BCUT2D eigenvalue weighted by Gasteiger charge is -2.46. The number of nitrogens with one attached hydrogen (secondary N) is 1. The van der Waals surface area contributed by atoms with E-state index in [-0.39, 0.29) is 11.6 Å². The molecule has 1 aliphatic rings. The molecule has 0 aromatic carbocycles. The number of hydrogen-bond donors (Lipinski definition) is 1. The predicted molar refractivity (Wildman–Crippen MR) is 86.5 cm³/mol. The van der Waals surface area contributed by atoms with Crippen LogP contribution in [0.2, 0.25) is 0 Å². The van der Waals surface area contributed by atoms with Crippen molar-refractivity contribution < 1.29 is 4.74 Å². The summed E-state index contributed by atoms with van der Waals surface area (Å²) in [6.07, 6.45) is 3.15. The minimum atomic E-state index is 0.0376. The molecule has 1 unspecified atom stereocenters. The van der Waals surface area contributed by atoms with Gasteiger partial charge in [-0.05, 0) is 45.4 Å². The van der Waals surface area contributed by atoms with Gasteiger partial charge in [-0.25, -0.2) is 0 Å². The lowest BCUT2D eigenvalue weighted by Crippen LogP contribution is -2.56. The van der Waals surface area contributed by atoms with Crippen molar-refractivity contribution >= 4 is 0 Å². The molecule has 1 N–H and O–H groups in total. The van der Waals surface area contributed by atoms with Gasteiger partial charge >= 0.3 is 0 Å². The maximum absolute atomic E-state index is 5.50. The van der Waals surface area contributed by atoms with E-state index in [9.17, 15) is 0 Å². The fourth-order valence-electron chi connectivity index (χ4n) is 3.04. The van der Waals surface area contributed by atoms with Gasteiger partial charge in [-0.15, -0.1) is 0 Å². The largest absolute Gasteiger partial charge is 0.379 e. The Bertz CT molecular complexity index is 424. The van der Waals surface area contributed by atoms with Gasteiger partial charge < -0.3 is 10.1 Å². The predicted octanol–water partition coefficient (Wildman–Crippen LogP) is 2.54. The summed E-state index contributed by atoms with van der Waals surface area (Å²) < 4.78 is 5.50. The van der Waals surface area contributed by atoms with Crippen LogP contribution in [0.1, 0.15) is 44.5 Å². The van der Waals surface area contributed by atoms with Gasteiger partial charge in [-0.3, -0.25) is 9.88 Å². The second-order valence-electron chi connectivity index (χ2n) is 6.37. The van der Waals surface area contributed by atoms with Gasteiger partial charge in [-0.1, -0.05) is 13.0 Å². The molecule has 4 heteroatoms. The number of aromatic nitrogens is 1. The van der Waals surface area contributed by atoms with Crippen molar-refractivity contribution in [3.8, 4) is 0 Å². The summed E-state index contributed by atoms with van der Waals surface area (Å²) in [5.41, 5.74) is 2.37. The molecule has 1 aromatic rings. The fourth-order valence-corrected chi connectivity index (χ4v) is 3.04. The first-order valence-corrected chi connectivity index (χ1v) is 8.04. The lowest BCUT2D eigenvalue weighted by atomic mass is 9.87. The second-order valence-corrected chi connectivity index (χ2v) is 6.37. The summed E-state index contributed by atoms with van der Waals surface area (Å²) in [7, 11) is 0. The molecule has 0 aliphatic carbocycles. The highest BCUT2D eigenvalue weighted by molar-refractivity contribution is 5.21. The maximum atomic E-state index is 5.50. The molecule has 2 heterocycles. The monoisotopic (exact) mass is 291 g/mol. The molecule has 1 saturated heterocycles. The van der Waals surface area contributed by atoms with Crippen LogP contribution in [0, 0.1) is 6.92 Å². The Balaban J connectivity index is 2.22. The topological polar surface area (TPSA) is 37.4 Å². The molecular weight excluding hydrogens is 262 g/mol. The standard InChI is InChI=1S/C17H29N3O/c1-5-8-18-16(15-7-6-14(2)19-13-15)17(3,4)20-9-11-21-12-10-20/h6-7,13,16,18H,5,8-12H2,1-4H3. The summed E-state index contributed by atoms with van der Waals surface area (Å²) in [6, 6.07) is 4.59. The van der Waals surface area contributed by atoms with Crippen LogP contribution in [-0.4, -0.2) is 48.3 Å². The number of nitrogens with zero attached hydrogens (tertiary/aromatic N) is 2. The Morgan fingerprint density at radius 2 is 2.05 bits per heavy atom. The molecule has 1 aromatic heterocycles. The summed E-state index contributed by atoms with van der Waals surface area (Å²) in [6.45, 7) is 13.6. The summed E-state index contributed by atoms with van der Waals surface area (Å²) in [4.78, 5) is 7.01. The van der Waals surface area contributed by atoms with E-state index >= 15 is 0 Å². The molecule has 0 saturated carbocycles. The zero-order chi connectivity index (χ0) is 15.3. The SMILES string of the molecule is CCCNC(c1ccc(C)nc1)C(C)(C)N1CCOCC1. The Morgan fingerprint density at radius 3 is 2.62 bits per heavy atom. The second kappa shape index (κ2) is 7.34. The van der Waals surface area contributed by atoms with E-state index in [1.165, 1.54) is 5.56 Å². The molecule has 1 aliphatic heterocycles. The Hall–Kier alpha value is -0.970. The van der Waals surface area contributed by atoms with Crippen molar-refractivity contribution in [3.05, 3.63) is 29.6 Å². The highest BCUT2D eigenvalue weighted by Crippen LogP contribution is 2.31. The number of hydrogen-bond acceptors (Lipinski definition) is 4. The number of rotatable bonds is 6. The first-order valence-electron chi connectivity index (χ1n) is 8.04. The van der Waals surface area contributed by atoms with Crippen LogP contribution in [0.25, 0.3) is 0 Å². The van der Waals surface area contributed by atoms with Gasteiger partial charge in [0.2, 0.25) is 0 Å². The number of aryl methyl sites for hydroxylation is 1. The zero-order valence-corrected chi connectivity index (χ0v) is 13.9. The van der Waals surface area contributed by atoms with Crippen LogP contribution >= 0.6 is 0 Å². The average Bonchev–Trinajstić information content (AvgIpc) is 2.50. The lowest BCUT2D eigenvalue weighted by molar-refractivity contribution is -0.0238. The van der Waals surface area contributed by atoms with E-state index in [2.05, 4.69) is 48.1 Å². The highest BCUT2D eigenvalue weighted by atomic mass is 16.5. The molecule has 0 amide bonds. The van der Waals surface area contributed by atoms with Gasteiger partial charge in [0.05, 0.1) is 19.3 Å². The van der Waals surface area contributed by atoms with E-state index in [1.807, 2.05) is 13.1 Å². The van der Waals surface area contributed by atoms with Crippen LogP contribution in [0.4, 0.5) is 0 Å². The number of morpholine rings is 1. The van der Waals surface area contributed by atoms with Crippen molar-refractivity contribution in [1.29, 1.82) is 0 Å². The summed E-state index contributed by atoms with van der Waals surface area (Å²) in [5, 5.41) is 3.72. The van der Waals surface area contributed by atoms with E-state index < -0.39 is 0 Å². The van der Waals surface area contributed by atoms with E-state index in [0.29, 0.717) is 0 Å². The van der Waals surface area contributed by atoms with Gasteiger partial charge in [-0.2, -0.15) is 0 Å². The van der Waals surface area contributed by atoms with Crippen molar-refractivity contribution in [3.63, 3.8) is 0 Å². The average molecular weight is 291 g/mol. The van der Waals surface area contributed by atoms with E-state index in [0.717, 1.165) is 45.0 Å². The van der Waals surface area contributed by atoms with Gasteiger partial charge in [0.15, 0.2) is 0 Å². The first kappa shape index (κ1) is 16.4. The smallest absolute Gasteiger partial charge is 0.0594 e. The molecule has 4 nitrogen and oxygen atoms in total. The van der Waals surface area contributed by atoms with Crippen LogP contribution in [0.5, 0.6) is 0 Å². The summed E-state index contributed by atoms with van der Waals surface area (Å²) in [5.74, 6) is 0. The van der Waals surface area contributed by atoms with Crippen LogP contribution in [0.3, 0.4) is 0 Å². The summed E-state index contributed by atoms with van der Waals surface area (Å²) >= 11 is 0. The molecule has 1 atom stereocenters. The fraction of sp³-hybridized carbons (Fsp3) is 0.706. The minimum absolute atomic E-state index is 0.0376. The molecule has 0 spiro atoms. The van der Waals surface area contributed by atoms with Crippen molar-refractivity contribution in [2.75, 3.05) is 32.8 Å². The van der Waals surface area contributed by atoms with Crippen LogP contribution < -0.4 is 5.32 Å². The van der Waals surface area contributed by atoms with Crippen molar-refractivity contribution in [1.82, 2.24) is 15.2 Å². The minimum Gasteiger partial charge on any atom is -0.379 e. The third kappa shape index (κ3) is 4.02. The highest BCUT2D eigenvalue weighted by Gasteiger charge is 2.36. The van der Waals surface area contributed by atoms with Crippen molar-refractivity contribution in [2.45, 2.75) is 45.7 Å². The third-order valence-electron chi connectivity index (χ3n) is 4.40. The van der Waals surface area contributed by atoms with Gasteiger partial charge in [0.1, 0.15) is 0 Å². The molecule has 2 rings (SSSR count). The molecular formula is C17H29N3O. The van der Waals surface area contributed by atoms with Crippen LogP contribution in [-0.2, 0) is 4.74 Å². The van der Waals surface area contributed by atoms with Crippen molar-refractivity contribution in [2.24, 2.45) is 0 Å².